The van der Waals surface area contributed by atoms with Crippen molar-refractivity contribution < 1.29 is 33.1 Å². The maximum Gasteiger partial charge on any atom is 0.338 e. The summed E-state index contributed by atoms with van der Waals surface area (Å²) in [6.45, 7) is 1.88. The van der Waals surface area contributed by atoms with E-state index in [0.29, 0.717) is 17.3 Å². The molecule has 0 N–H and O–H groups in total. The van der Waals surface area contributed by atoms with Crippen molar-refractivity contribution >= 4 is 52.5 Å². The molecule has 2 heterocycles. The number of halogens is 1. The second-order valence-corrected chi connectivity index (χ2v) is 8.15. The largest absolute Gasteiger partial charge is 0.462 e. The minimum absolute atomic E-state index is 0.0732. The highest BCUT2D eigenvalue weighted by Gasteiger charge is 2.50. The first-order valence-corrected chi connectivity index (χ1v) is 10.8. The van der Waals surface area contributed by atoms with Crippen LogP contribution in [0.1, 0.15) is 29.3 Å². The number of anilines is 1. The molecule has 0 bridgehead atoms. The smallest absolute Gasteiger partial charge is 0.338 e. The second kappa shape index (κ2) is 8.99. The summed E-state index contributed by atoms with van der Waals surface area (Å²) in [7, 11) is 0. The van der Waals surface area contributed by atoms with Crippen LogP contribution in [0.2, 0.25) is 0 Å². The Morgan fingerprint density at radius 2 is 1.76 bits per heavy atom. The zero-order chi connectivity index (χ0) is 23.7. The number of imide groups is 2. The van der Waals surface area contributed by atoms with E-state index in [1.807, 2.05) is 0 Å². The molecule has 1 atom stereocenters. The molecule has 0 radical (unpaired) electrons. The van der Waals surface area contributed by atoms with Gasteiger partial charge in [0.2, 0.25) is 5.91 Å². The molecular weight excluding hydrogens is 451 g/mol. The van der Waals surface area contributed by atoms with E-state index in [-0.39, 0.29) is 29.2 Å². The van der Waals surface area contributed by atoms with Crippen LogP contribution in [0.3, 0.4) is 0 Å². The molecule has 4 rings (SSSR count). The highest BCUT2D eigenvalue weighted by atomic mass is 32.2. The number of benzene rings is 2. The van der Waals surface area contributed by atoms with Gasteiger partial charge in [-0.25, -0.2) is 14.1 Å². The number of hydrogen-bond donors (Lipinski definition) is 0. The van der Waals surface area contributed by atoms with Gasteiger partial charge in [0.25, 0.3) is 17.1 Å². The zero-order valence-corrected chi connectivity index (χ0v) is 18.1. The van der Waals surface area contributed by atoms with E-state index in [2.05, 4.69) is 0 Å². The number of rotatable bonds is 5. The van der Waals surface area contributed by atoms with Gasteiger partial charge >= 0.3 is 5.97 Å². The number of amides is 4. The Labute approximate surface area is 192 Å². The van der Waals surface area contributed by atoms with Crippen molar-refractivity contribution in [2.24, 2.45) is 0 Å². The van der Waals surface area contributed by atoms with Gasteiger partial charge in [0.05, 0.1) is 29.2 Å². The summed E-state index contributed by atoms with van der Waals surface area (Å²) in [5, 5.41) is -0.668. The SMILES string of the molecule is CCOC(=O)c1ccc(N2C(=O)C[C@H](N3C(=O)S/C(=C\c4ccc(F)cc4)C3=O)C2=O)cc1. The lowest BCUT2D eigenvalue weighted by molar-refractivity contribution is -0.130. The minimum atomic E-state index is -1.27. The molecule has 0 aliphatic carbocycles. The summed E-state index contributed by atoms with van der Waals surface area (Å²) in [6.07, 6.45) is 1.08. The van der Waals surface area contributed by atoms with E-state index >= 15 is 0 Å². The summed E-state index contributed by atoms with van der Waals surface area (Å²) in [5.41, 5.74) is 0.988. The molecule has 8 nitrogen and oxygen atoms in total. The Bertz CT molecular complexity index is 1190. The fraction of sp³-hybridized carbons (Fsp3) is 0.174. The number of thioether (sulfide) groups is 1. The highest BCUT2D eigenvalue weighted by Crippen LogP contribution is 2.37. The third-order valence-electron chi connectivity index (χ3n) is 5.06. The molecule has 2 aromatic rings. The van der Waals surface area contributed by atoms with E-state index in [4.69, 9.17) is 4.74 Å². The van der Waals surface area contributed by atoms with Gasteiger partial charge in [0, 0.05) is 0 Å². The van der Waals surface area contributed by atoms with Gasteiger partial charge in [-0.1, -0.05) is 12.1 Å². The monoisotopic (exact) mass is 468 g/mol. The zero-order valence-electron chi connectivity index (χ0n) is 17.3. The summed E-state index contributed by atoms with van der Waals surface area (Å²) >= 11 is 0.649. The average molecular weight is 468 g/mol. The van der Waals surface area contributed by atoms with Crippen molar-refractivity contribution in [3.63, 3.8) is 0 Å². The van der Waals surface area contributed by atoms with Crippen LogP contribution in [0.15, 0.2) is 53.4 Å². The van der Waals surface area contributed by atoms with E-state index in [9.17, 15) is 28.4 Å². The summed E-state index contributed by atoms with van der Waals surface area (Å²) in [6, 6.07) is 9.78. The summed E-state index contributed by atoms with van der Waals surface area (Å²) in [5.74, 6) is -2.96. The fourth-order valence-corrected chi connectivity index (χ4v) is 4.39. The molecule has 4 amide bonds. The van der Waals surface area contributed by atoms with Gasteiger partial charge < -0.3 is 4.74 Å². The van der Waals surface area contributed by atoms with Crippen molar-refractivity contribution in [2.45, 2.75) is 19.4 Å². The normalized spacial score (nSPS) is 19.7. The van der Waals surface area contributed by atoms with E-state index in [1.54, 1.807) is 6.92 Å². The molecule has 0 unspecified atom stereocenters. The van der Waals surface area contributed by atoms with Crippen molar-refractivity contribution in [1.82, 2.24) is 4.90 Å². The lowest BCUT2D eigenvalue weighted by atomic mass is 10.2. The maximum atomic E-state index is 13.1. The average Bonchev–Trinajstić information content (AvgIpc) is 3.23. The molecule has 2 aliphatic rings. The predicted molar refractivity (Wildman–Crippen MR) is 118 cm³/mol. The number of carbonyl (C=O) groups excluding carboxylic acids is 5. The van der Waals surface area contributed by atoms with Crippen LogP contribution >= 0.6 is 11.8 Å². The molecule has 2 saturated heterocycles. The van der Waals surface area contributed by atoms with E-state index < -0.39 is 40.8 Å². The van der Waals surface area contributed by atoms with Crippen LogP contribution < -0.4 is 4.90 Å². The molecule has 0 saturated carbocycles. The van der Waals surface area contributed by atoms with Gasteiger partial charge in [-0.2, -0.15) is 0 Å². The first-order valence-electron chi connectivity index (χ1n) is 9.96. The van der Waals surface area contributed by atoms with Gasteiger partial charge in [0.1, 0.15) is 11.9 Å². The van der Waals surface area contributed by atoms with Crippen LogP contribution in [0.25, 0.3) is 6.08 Å². The lowest BCUT2D eigenvalue weighted by Gasteiger charge is -2.20. The van der Waals surface area contributed by atoms with Crippen molar-refractivity contribution in [2.75, 3.05) is 11.5 Å². The lowest BCUT2D eigenvalue weighted by Crippen LogP contribution is -2.44. The Balaban J connectivity index is 1.54. The number of carbonyl (C=O) groups is 5. The van der Waals surface area contributed by atoms with Crippen LogP contribution in [0.4, 0.5) is 14.9 Å². The third-order valence-corrected chi connectivity index (χ3v) is 5.95. The molecule has 33 heavy (non-hydrogen) atoms. The third kappa shape index (κ3) is 4.29. The van der Waals surface area contributed by atoms with Gasteiger partial charge in [-0.05, 0) is 66.7 Å². The molecule has 2 fully saturated rings. The molecule has 0 spiro atoms. The minimum Gasteiger partial charge on any atom is -0.462 e. The van der Waals surface area contributed by atoms with Gasteiger partial charge in [-0.3, -0.25) is 24.1 Å². The van der Waals surface area contributed by atoms with E-state index in [1.165, 1.54) is 54.6 Å². The summed E-state index contributed by atoms with van der Waals surface area (Å²) in [4.78, 5) is 64.6. The van der Waals surface area contributed by atoms with Crippen LogP contribution in [-0.4, -0.2) is 46.5 Å². The van der Waals surface area contributed by atoms with Crippen molar-refractivity contribution in [3.05, 3.63) is 70.4 Å². The van der Waals surface area contributed by atoms with Crippen LogP contribution in [-0.2, 0) is 19.1 Å². The van der Waals surface area contributed by atoms with Gasteiger partial charge in [-0.15, -0.1) is 0 Å². The van der Waals surface area contributed by atoms with Gasteiger partial charge in [0.15, 0.2) is 0 Å². The Morgan fingerprint density at radius 1 is 1.09 bits per heavy atom. The quantitative estimate of drug-likeness (QED) is 0.377. The van der Waals surface area contributed by atoms with Crippen molar-refractivity contribution in [1.29, 1.82) is 0 Å². The Morgan fingerprint density at radius 3 is 2.39 bits per heavy atom. The maximum absolute atomic E-state index is 13.1. The number of hydrogen-bond acceptors (Lipinski definition) is 7. The van der Waals surface area contributed by atoms with Crippen molar-refractivity contribution in [3.8, 4) is 0 Å². The Hall–Kier alpha value is -3.79. The van der Waals surface area contributed by atoms with Crippen LogP contribution in [0, 0.1) is 5.82 Å². The first-order chi connectivity index (χ1) is 15.8. The highest BCUT2D eigenvalue weighted by molar-refractivity contribution is 8.18. The predicted octanol–water partition coefficient (Wildman–Crippen LogP) is 3.37. The Kier molecular flexibility index (Phi) is 6.10. The number of esters is 1. The molecule has 0 aromatic heterocycles. The second-order valence-electron chi connectivity index (χ2n) is 7.16. The number of ether oxygens (including phenoxy) is 1. The first kappa shape index (κ1) is 22.4. The molecule has 2 aromatic carbocycles. The molecule has 168 valence electrons. The molecular formula is C23H17FN2O6S. The molecule has 2 aliphatic heterocycles. The van der Waals surface area contributed by atoms with E-state index in [0.717, 1.165) is 9.80 Å². The topological polar surface area (TPSA) is 101 Å². The summed E-state index contributed by atoms with van der Waals surface area (Å²) < 4.78 is 18.0. The standard InChI is InChI=1S/C23H17FN2O6S/c1-2-32-22(30)14-5-9-16(10-6-14)25-19(27)12-17(20(25)28)26-21(29)18(33-23(26)31)11-13-3-7-15(24)8-4-13/h3-11,17H,2,12H2,1H3/b18-11-/t17-/m0/s1. The number of nitrogens with zero attached hydrogens (tertiary/aromatic N) is 2. The fourth-order valence-electron chi connectivity index (χ4n) is 3.51. The van der Waals surface area contributed by atoms with Crippen LogP contribution in [0.5, 0.6) is 0 Å². The molecule has 10 heteroatoms.